The number of rotatable bonds is 9. The Kier molecular flexibility index (Phi) is 7.59. The molecule has 8 nitrogen and oxygen atoms in total. The Bertz CT molecular complexity index is 853. The second-order valence-electron chi connectivity index (χ2n) is 6.79. The predicted molar refractivity (Wildman–Crippen MR) is 106 cm³/mol. The molecular weight excluding hydrogens is 452 g/mol. The zero-order valence-corrected chi connectivity index (χ0v) is 18.0. The molecule has 28 heavy (non-hydrogen) atoms. The van der Waals surface area contributed by atoms with E-state index in [1.165, 1.54) is 6.92 Å². The zero-order valence-electron chi connectivity index (χ0n) is 15.6. The Morgan fingerprint density at radius 2 is 1.89 bits per heavy atom. The summed E-state index contributed by atoms with van der Waals surface area (Å²) in [6.45, 7) is 1.43. The second-order valence-corrected chi connectivity index (χ2v) is 9.90. The normalized spacial score (nSPS) is 16.0. The van der Waals surface area contributed by atoms with Crippen LogP contribution in [-0.4, -0.2) is 56.4 Å². The van der Waals surface area contributed by atoms with Gasteiger partial charge in [-0.25, -0.2) is 13.2 Å². The summed E-state index contributed by atoms with van der Waals surface area (Å²) in [5.74, 6) is -2.15. The van der Waals surface area contributed by atoms with Gasteiger partial charge in [0.05, 0.1) is 11.3 Å². The van der Waals surface area contributed by atoms with Crippen molar-refractivity contribution in [3.05, 3.63) is 34.3 Å². The van der Waals surface area contributed by atoms with Gasteiger partial charge in [-0.15, -0.1) is 0 Å². The lowest BCUT2D eigenvalue weighted by Crippen LogP contribution is -2.46. The highest BCUT2D eigenvalue weighted by molar-refractivity contribution is 9.10. The first-order chi connectivity index (χ1) is 13.1. The first-order valence-corrected chi connectivity index (χ1v) is 11.7. The summed E-state index contributed by atoms with van der Waals surface area (Å²) in [5, 5.41) is 5.23. The van der Waals surface area contributed by atoms with Crippen LogP contribution in [0.3, 0.4) is 0 Å². The van der Waals surface area contributed by atoms with E-state index in [0.717, 1.165) is 19.1 Å². The van der Waals surface area contributed by atoms with E-state index in [0.29, 0.717) is 10.0 Å². The second kappa shape index (κ2) is 9.51. The molecule has 1 aromatic carbocycles. The summed E-state index contributed by atoms with van der Waals surface area (Å²) in [6, 6.07) is 5.53. The molecule has 2 rings (SSSR count). The molecule has 1 aromatic rings. The zero-order chi connectivity index (χ0) is 20.9. The van der Waals surface area contributed by atoms with Crippen molar-refractivity contribution in [2.75, 3.05) is 12.0 Å². The number of sulfone groups is 1. The third kappa shape index (κ3) is 7.23. The molecular formula is C18H23BrN2O6S. The predicted octanol–water partition coefficient (Wildman–Crippen LogP) is 1.19. The first-order valence-electron chi connectivity index (χ1n) is 8.81. The van der Waals surface area contributed by atoms with E-state index in [1.807, 2.05) is 0 Å². The quantitative estimate of drug-likeness (QED) is 0.518. The number of benzene rings is 1. The largest absolute Gasteiger partial charge is 0.451 e. The van der Waals surface area contributed by atoms with Gasteiger partial charge in [0.1, 0.15) is 15.9 Å². The van der Waals surface area contributed by atoms with Crippen LogP contribution in [0.15, 0.2) is 28.7 Å². The fourth-order valence-electron chi connectivity index (χ4n) is 2.32. The number of amides is 2. The average Bonchev–Trinajstić information content (AvgIpc) is 3.41. The third-order valence-corrected chi connectivity index (χ3v) is 5.74. The first kappa shape index (κ1) is 22.4. The Morgan fingerprint density at radius 1 is 1.25 bits per heavy atom. The van der Waals surface area contributed by atoms with Crippen molar-refractivity contribution < 1.29 is 27.5 Å². The minimum Gasteiger partial charge on any atom is -0.451 e. The number of carbonyl (C=O) groups is 3. The van der Waals surface area contributed by atoms with Crippen molar-refractivity contribution in [1.82, 2.24) is 10.6 Å². The summed E-state index contributed by atoms with van der Waals surface area (Å²) >= 11 is 3.26. The number of ether oxygens (including phenoxy) is 1. The molecule has 2 N–H and O–H groups in total. The van der Waals surface area contributed by atoms with Crippen LogP contribution in [0.1, 0.15) is 36.5 Å². The van der Waals surface area contributed by atoms with Gasteiger partial charge in [-0.2, -0.15) is 0 Å². The molecule has 0 unspecified atom stereocenters. The fraction of sp³-hybridized carbons (Fsp3) is 0.500. The van der Waals surface area contributed by atoms with Crippen LogP contribution >= 0.6 is 15.9 Å². The molecule has 0 aliphatic heterocycles. The Balaban J connectivity index is 2.06. The van der Waals surface area contributed by atoms with Gasteiger partial charge < -0.3 is 15.4 Å². The molecule has 1 aliphatic rings. The molecule has 0 radical (unpaired) electrons. The molecule has 0 saturated heterocycles. The van der Waals surface area contributed by atoms with Gasteiger partial charge in [0.15, 0.2) is 6.10 Å². The van der Waals surface area contributed by atoms with Crippen molar-refractivity contribution in [3.8, 4) is 0 Å². The third-order valence-electron chi connectivity index (χ3n) is 4.07. The SMILES string of the molecule is C[C@@H](OC(=O)[C@H](CCS(C)(=O)=O)NC(=O)c1ccccc1Br)C(=O)NC1CC1. The summed E-state index contributed by atoms with van der Waals surface area (Å²) in [5.41, 5.74) is 0.291. The number of carbonyl (C=O) groups excluding carboxylic acids is 3. The molecule has 1 saturated carbocycles. The summed E-state index contributed by atoms with van der Waals surface area (Å²) in [4.78, 5) is 37.0. The molecule has 0 spiro atoms. The molecule has 0 bridgehead atoms. The maximum Gasteiger partial charge on any atom is 0.329 e. The van der Waals surface area contributed by atoms with E-state index in [2.05, 4.69) is 26.6 Å². The Morgan fingerprint density at radius 3 is 2.46 bits per heavy atom. The van der Waals surface area contributed by atoms with Crippen LogP contribution < -0.4 is 10.6 Å². The maximum absolute atomic E-state index is 12.5. The van der Waals surface area contributed by atoms with Crippen molar-refractivity contribution in [3.63, 3.8) is 0 Å². The van der Waals surface area contributed by atoms with Gasteiger partial charge >= 0.3 is 5.97 Å². The summed E-state index contributed by atoms with van der Waals surface area (Å²) in [7, 11) is -3.36. The minimum absolute atomic E-state index is 0.116. The van der Waals surface area contributed by atoms with Gasteiger partial charge in [-0.05, 0) is 54.2 Å². The number of esters is 1. The van der Waals surface area contributed by atoms with Gasteiger partial charge in [0.2, 0.25) is 0 Å². The summed E-state index contributed by atoms with van der Waals surface area (Å²) in [6.07, 6.45) is 1.62. The number of hydrogen-bond donors (Lipinski definition) is 2. The van der Waals surface area contributed by atoms with Crippen LogP contribution in [0.2, 0.25) is 0 Å². The van der Waals surface area contributed by atoms with Crippen molar-refractivity contribution >= 4 is 43.6 Å². The van der Waals surface area contributed by atoms with Gasteiger partial charge in [0, 0.05) is 16.8 Å². The summed E-state index contributed by atoms with van der Waals surface area (Å²) < 4.78 is 28.7. The van der Waals surface area contributed by atoms with Crippen molar-refractivity contribution in [2.45, 2.75) is 44.4 Å². The highest BCUT2D eigenvalue weighted by atomic mass is 79.9. The molecule has 0 aromatic heterocycles. The van der Waals surface area contributed by atoms with Crippen molar-refractivity contribution in [1.29, 1.82) is 0 Å². The average molecular weight is 475 g/mol. The monoisotopic (exact) mass is 474 g/mol. The highest BCUT2D eigenvalue weighted by Crippen LogP contribution is 2.19. The lowest BCUT2D eigenvalue weighted by molar-refractivity contribution is -0.156. The fourth-order valence-corrected chi connectivity index (χ4v) is 3.45. The molecule has 1 aliphatic carbocycles. The number of nitrogens with one attached hydrogen (secondary N) is 2. The minimum atomic E-state index is -3.36. The van der Waals surface area contributed by atoms with E-state index in [1.54, 1.807) is 24.3 Å². The topological polar surface area (TPSA) is 119 Å². The van der Waals surface area contributed by atoms with Gasteiger partial charge in [-0.1, -0.05) is 12.1 Å². The maximum atomic E-state index is 12.5. The van der Waals surface area contributed by atoms with Gasteiger partial charge in [0.25, 0.3) is 11.8 Å². The van der Waals surface area contributed by atoms with Crippen LogP contribution in [0.4, 0.5) is 0 Å². The molecule has 2 amide bonds. The molecule has 154 valence electrons. The van der Waals surface area contributed by atoms with Crippen LogP contribution in [0.25, 0.3) is 0 Å². The molecule has 10 heteroatoms. The van der Waals surface area contributed by atoms with Crippen LogP contribution in [-0.2, 0) is 24.2 Å². The van der Waals surface area contributed by atoms with Crippen LogP contribution in [0, 0.1) is 0 Å². The number of halogens is 1. The van der Waals surface area contributed by atoms with Crippen LogP contribution in [0.5, 0.6) is 0 Å². The van der Waals surface area contributed by atoms with Gasteiger partial charge in [-0.3, -0.25) is 9.59 Å². The molecule has 2 atom stereocenters. The van der Waals surface area contributed by atoms with E-state index < -0.39 is 39.8 Å². The number of hydrogen-bond acceptors (Lipinski definition) is 6. The van der Waals surface area contributed by atoms with E-state index >= 15 is 0 Å². The van der Waals surface area contributed by atoms with E-state index in [9.17, 15) is 22.8 Å². The highest BCUT2D eigenvalue weighted by Gasteiger charge is 2.30. The molecule has 0 heterocycles. The lowest BCUT2D eigenvalue weighted by Gasteiger charge is -2.20. The lowest BCUT2D eigenvalue weighted by atomic mass is 10.1. The Labute approximate surface area is 172 Å². The van der Waals surface area contributed by atoms with Crippen molar-refractivity contribution in [2.24, 2.45) is 0 Å². The standard InChI is InChI=1S/C18H23BrN2O6S/c1-11(16(22)20-12-7-8-12)27-18(24)15(9-10-28(2,25)26)21-17(23)13-5-3-4-6-14(13)19/h3-6,11-12,15H,7-10H2,1-2H3,(H,20,22)(H,21,23)/t11-,15+/m1/s1. The smallest absolute Gasteiger partial charge is 0.329 e. The van der Waals surface area contributed by atoms with E-state index in [-0.39, 0.29) is 18.2 Å². The Hall–Kier alpha value is -1.94. The van der Waals surface area contributed by atoms with E-state index in [4.69, 9.17) is 4.74 Å². The molecule has 1 fully saturated rings.